The van der Waals surface area contributed by atoms with Crippen LogP contribution in [-0.2, 0) is 18.0 Å². The number of allylic oxidation sites excluding steroid dienone is 8. The van der Waals surface area contributed by atoms with Crippen LogP contribution in [0.1, 0.15) is 72.6 Å². The van der Waals surface area contributed by atoms with Gasteiger partial charge in [-0.3, -0.25) is 8.88 Å². The zero-order valence-corrected chi connectivity index (χ0v) is 20.8. The molecule has 0 fully saturated rings. The van der Waals surface area contributed by atoms with Gasteiger partial charge in [-0.1, -0.05) is 52.7 Å². The van der Waals surface area contributed by atoms with Crippen LogP contribution in [0.15, 0.2) is 59.3 Å². The van der Waals surface area contributed by atoms with E-state index in [1.54, 1.807) is 6.08 Å². The molecule has 0 N–H and O–H groups in total. The van der Waals surface area contributed by atoms with Crippen molar-refractivity contribution in [3.8, 4) is 0 Å². The van der Waals surface area contributed by atoms with Gasteiger partial charge in [0.05, 0.1) is 14.4 Å². The van der Waals surface area contributed by atoms with Gasteiger partial charge in [0.25, 0.3) is 7.82 Å². The highest BCUT2D eigenvalue weighted by atomic mass is 31.3. The topological polar surface area (TPSA) is 122 Å². The third kappa shape index (κ3) is 19.4. The Morgan fingerprint density at radius 3 is 1.84 bits per heavy atom. The molecule has 0 aromatic carbocycles. The molecule has 0 aliphatic carbocycles. The molecule has 0 aromatic rings. The molecule has 0 amide bonds. The van der Waals surface area contributed by atoms with E-state index in [2.05, 4.69) is 61.3 Å². The van der Waals surface area contributed by atoms with Crippen LogP contribution < -0.4 is 14.7 Å². The maximum atomic E-state index is 11.3. The summed E-state index contributed by atoms with van der Waals surface area (Å²) in [6, 6.07) is 0. The summed E-state index contributed by atoms with van der Waals surface area (Å²) in [6.07, 6.45) is 16.0. The van der Waals surface area contributed by atoms with Crippen molar-refractivity contribution in [2.45, 2.75) is 72.6 Å². The van der Waals surface area contributed by atoms with E-state index in [1.807, 2.05) is 0 Å². The Hall–Kier alpha value is -1.04. The summed E-state index contributed by atoms with van der Waals surface area (Å²) in [5.41, 5.74) is 4.91. The summed E-state index contributed by atoms with van der Waals surface area (Å²) in [6.45, 7) is 11.7. The summed E-state index contributed by atoms with van der Waals surface area (Å²) in [5, 5.41) is 0. The first-order valence-corrected chi connectivity index (χ1v) is 13.2. The highest BCUT2D eigenvalue weighted by molar-refractivity contribution is 7.58. The van der Waals surface area contributed by atoms with Crippen molar-refractivity contribution >= 4 is 15.6 Å². The number of phosphoric ester groups is 1. The zero-order valence-electron chi connectivity index (χ0n) is 19.0. The fourth-order valence-electron chi connectivity index (χ4n) is 2.71. The van der Waals surface area contributed by atoms with Crippen molar-refractivity contribution in [3.05, 3.63) is 59.3 Å². The molecule has 0 bridgehead atoms. The quantitative estimate of drug-likeness (QED) is 0.228. The number of hydrogen-bond acceptors (Lipinski definition) is 7. The molecule has 178 valence electrons. The Kier molecular flexibility index (Phi) is 15.2. The maximum absolute atomic E-state index is 11.3. The Morgan fingerprint density at radius 1 is 0.839 bits per heavy atom. The van der Waals surface area contributed by atoms with Gasteiger partial charge in [0.15, 0.2) is 0 Å². The van der Waals surface area contributed by atoms with E-state index in [4.69, 9.17) is 0 Å². The van der Waals surface area contributed by atoms with E-state index < -0.39 is 22.3 Å². The number of phosphoric acid groups is 2. The van der Waals surface area contributed by atoms with Crippen molar-refractivity contribution in [1.82, 2.24) is 0 Å². The minimum absolute atomic E-state index is 0.413. The van der Waals surface area contributed by atoms with E-state index in [0.717, 1.165) is 37.7 Å². The summed E-state index contributed by atoms with van der Waals surface area (Å²) >= 11 is 0. The van der Waals surface area contributed by atoms with Crippen LogP contribution in [0.5, 0.6) is 0 Å². The van der Waals surface area contributed by atoms with Crippen molar-refractivity contribution in [2.24, 2.45) is 0 Å². The largest absolute Gasteiger partial charge is 0.790 e. The molecule has 0 aliphatic heterocycles. The standard InChI is InChI=1S/C22H38O7P2/c1-6-10-22(17-18-28-31(26,27)29-30(23,24)25)16-9-15-21(5)14-8-13-20(4)12-7-11-19(2)3/h6,11,13,15,17H,1,7-10,12,14,16,18H2,2-5H3,(H,26,27)(H2,23,24,25)/p-3/b20-13+,21-15+,22-17+. The van der Waals surface area contributed by atoms with Gasteiger partial charge in [-0.05, 0) is 72.6 Å². The van der Waals surface area contributed by atoms with Crippen LogP contribution in [0.25, 0.3) is 0 Å². The Balaban J connectivity index is 4.50. The van der Waals surface area contributed by atoms with Gasteiger partial charge in [0, 0.05) is 0 Å². The molecule has 31 heavy (non-hydrogen) atoms. The second-order valence-electron chi connectivity index (χ2n) is 7.63. The predicted octanol–water partition coefficient (Wildman–Crippen LogP) is 5.02. The Labute approximate surface area is 187 Å². The Bertz CT molecular complexity index is 769. The highest BCUT2D eigenvalue weighted by Gasteiger charge is 2.10. The average Bonchev–Trinajstić information content (AvgIpc) is 2.59. The summed E-state index contributed by atoms with van der Waals surface area (Å²) in [5.74, 6) is 0. The molecule has 0 aliphatic rings. The molecule has 7 nitrogen and oxygen atoms in total. The fraction of sp³-hybridized carbons (Fsp3) is 0.545. The third-order valence-corrected chi connectivity index (χ3v) is 6.36. The summed E-state index contributed by atoms with van der Waals surface area (Å²) in [7, 11) is -10.9. The highest BCUT2D eigenvalue weighted by Crippen LogP contribution is 2.50. The number of rotatable bonds is 16. The second-order valence-corrected chi connectivity index (χ2v) is 10.3. The lowest BCUT2D eigenvalue weighted by Gasteiger charge is -2.34. The Morgan fingerprint density at radius 2 is 1.35 bits per heavy atom. The minimum Gasteiger partial charge on any atom is -0.790 e. The normalized spacial score (nSPS) is 15.5. The second kappa shape index (κ2) is 15.7. The van der Waals surface area contributed by atoms with Crippen molar-refractivity contribution < 1.29 is 32.6 Å². The maximum Gasteiger partial charge on any atom is 0.272 e. The average molecular weight is 473 g/mol. The lowest BCUT2D eigenvalue weighted by atomic mass is 10.0. The first kappa shape index (κ1) is 30.0. The molecular weight excluding hydrogens is 438 g/mol. The van der Waals surface area contributed by atoms with E-state index in [1.165, 1.54) is 22.8 Å². The van der Waals surface area contributed by atoms with Gasteiger partial charge >= 0.3 is 0 Å². The van der Waals surface area contributed by atoms with Crippen LogP contribution in [0.2, 0.25) is 0 Å². The van der Waals surface area contributed by atoms with Gasteiger partial charge in [-0.2, -0.15) is 0 Å². The van der Waals surface area contributed by atoms with Crippen LogP contribution in [0.4, 0.5) is 0 Å². The molecule has 9 heteroatoms. The predicted molar refractivity (Wildman–Crippen MR) is 120 cm³/mol. The van der Waals surface area contributed by atoms with Crippen molar-refractivity contribution in [3.63, 3.8) is 0 Å². The molecule has 0 radical (unpaired) electrons. The summed E-state index contributed by atoms with van der Waals surface area (Å²) < 4.78 is 29.5. The molecule has 0 rings (SSSR count). The van der Waals surface area contributed by atoms with Crippen LogP contribution >= 0.6 is 15.6 Å². The van der Waals surface area contributed by atoms with Crippen LogP contribution in [-0.4, -0.2) is 6.61 Å². The van der Waals surface area contributed by atoms with Crippen molar-refractivity contribution in [1.29, 1.82) is 0 Å². The van der Waals surface area contributed by atoms with Gasteiger partial charge in [-0.15, -0.1) is 6.58 Å². The van der Waals surface area contributed by atoms with Gasteiger partial charge in [-0.25, -0.2) is 0 Å². The fourth-order valence-corrected chi connectivity index (χ4v) is 4.13. The minimum atomic E-state index is -5.67. The van der Waals surface area contributed by atoms with E-state index in [-0.39, 0.29) is 0 Å². The lowest BCUT2D eigenvalue weighted by molar-refractivity contribution is -0.339. The molecule has 0 aromatic heterocycles. The molecule has 0 saturated carbocycles. The third-order valence-electron chi connectivity index (χ3n) is 4.29. The van der Waals surface area contributed by atoms with Crippen molar-refractivity contribution in [2.75, 3.05) is 6.61 Å². The van der Waals surface area contributed by atoms with E-state index in [9.17, 15) is 23.8 Å². The van der Waals surface area contributed by atoms with Gasteiger partial charge < -0.3 is 23.8 Å². The van der Waals surface area contributed by atoms with E-state index in [0.29, 0.717) is 12.8 Å². The molecule has 0 heterocycles. The first-order chi connectivity index (χ1) is 14.3. The van der Waals surface area contributed by atoms with Crippen LogP contribution in [0, 0.1) is 0 Å². The van der Waals surface area contributed by atoms with Gasteiger partial charge in [0.1, 0.15) is 0 Å². The molecule has 1 unspecified atom stereocenters. The monoisotopic (exact) mass is 473 g/mol. The first-order valence-electron chi connectivity index (χ1n) is 10.3. The SMILES string of the molecule is C=CC/C(=C\COP(=O)([O-])OP(=O)([O-])[O-])CC/C=C(\C)CC/C=C(\C)CCC=C(C)C. The number of hydrogen-bond donors (Lipinski definition) is 0. The van der Waals surface area contributed by atoms with Gasteiger partial charge in [0.2, 0.25) is 0 Å². The van der Waals surface area contributed by atoms with Crippen LogP contribution in [0.3, 0.4) is 0 Å². The molecular formula is C22H35O7P2-3. The zero-order chi connectivity index (χ0) is 23.9. The summed E-state index contributed by atoms with van der Waals surface area (Å²) in [4.78, 5) is 32.1. The lowest BCUT2D eigenvalue weighted by Crippen LogP contribution is -2.19. The molecule has 0 saturated heterocycles. The smallest absolute Gasteiger partial charge is 0.272 e. The van der Waals surface area contributed by atoms with E-state index >= 15 is 0 Å². The molecule has 1 atom stereocenters. The molecule has 0 spiro atoms.